The van der Waals surface area contributed by atoms with E-state index in [4.69, 9.17) is 23.2 Å². The molecular weight excluding hydrogens is 435 g/mol. The molecule has 0 atom stereocenters. The molecule has 1 amide bonds. The lowest BCUT2D eigenvalue weighted by Gasteiger charge is -2.12. The number of hydrogen-bond acceptors (Lipinski definition) is 6. The first kappa shape index (κ1) is 21.3. The van der Waals surface area contributed by atoms with Gasteiger partial charge in [0.1, 0.15) is 11.6 Å². The first-order chi connectivity index (χ1) is 15.0. The summed E-state index contributed by atoms with van der Waals surface area (Å²) in [5.41, 5.74) is 1.70. The van der Waals surface area contributed by atoms with Gasteiger partial charge in [0.2, 0.25) is 5.95 Å². The molecule has 0 spiro atoms. The Hall–Kier alpha value is -2.90. The highest BCUT2D eigenvalue weighted by molar-refractivity contribution is 6.40. The van der Waals surface area contributed by atoms with Crippen LogP contribution in [0, 0.1) is 5.92 Å². The normalized spacial score (nSPS) is 13.0. The van der Waals surface area contributed by atoms with Crippen molar-refractivity contribution in [1.82, 2.24) is 15.0 Å². The fourth-order valence-electron chi connectivity index (χ4n) is 3.00. The molecule has 3 N–H and O–H groups in total. The summed E-state index contributed by atoms with van der Waals surface area (Å²) in [5.74, 6) is 2.10. The fourth-order valence-corrected chi connectivity index (χ4v) is 3.56. The second-order valence-corrected chi connectivity index (χ2v) is 8.17. The second-order valence-electron chi connectivity index (χ2n) is 7.35. The van der Waals surface area contributed by atoms with Crippen LogP contribution in [0.4, 0.5) is 23.3 Å². The van der Waals surface area contributed by atoms with E-state index in [1.807, 2.05) is 13.0 Å². The van der Waals surface area contributed by atoms with Crippen molar-refractivity contribution in [3.05, 3.63) is 63.9 Å². The molecule has 0 bridgehead atoms. The third-order valence-corrected chi connectivity index (χ3v) is 5.48. The Balaban J connectivity index is 1.49. The van der Waals surface area contributed by atoms with Crippen molar-refractivity contribution < 1.29 is 4.79 Å². The summed E-state index contributed by atoms with van der Waals surface area (Å²) >= 11 is 12.3. The summed E-state index contributed by atoms with van der Waals surface area (Å²) in [6.07, 6.45) is 4.90. The van der Waals surface area contributed by atoms with Gasteiger partial charge < -0.3 is 16.0 Å². The van der Waals surface area contributed by atoms with E-state index >= 15 is 0 Å². The highest BCUT2D eigenvalue weighted by Gasteiger charge is 2.21. The lowest BCUT2D eigenvalue weighted by molar-refractivity contribution is 0.102. The van der Waals surface area contributed by atoms with Crippen molar-refractivity contribution in [3.63, 3.8) is 0 Å². The van der Waals surface area contributed by atoms with Crippen molar-refractivity contribution in [3.8, 4) is 0 Å². The van der Waals surface area contributed by atoms with Crippen LogP contribution in [0.1, 0.15) is 35.8 Å². The molecule has 0 radical (unpaired) electrons. The van der Waals surface area contributed by atoms with Gasteiger partial charge >= 0.3 is 0 Å². The van der Waals surface area contributed by atoms with Crippen LogP contribution >= 0.6 is 23.2 Å². The van der Waals surface area contributed by atoms with Crippen molar-refractivity contribution in [2.75, 3.05) is 22.5 Å². The molecule has 1 fully saturated rings. The first-order valence-electron chi connectivity index (χ1n) is 10.1. The summed E-state index contributed by atoms with van der Waals surface area (Å²) in [6, 6.07) is 10.2. The fraction of sp³-hybridized carbons (Fsp3) is 0.273. The molecular formula is C22H22Cl2N6O. The summed E-state index contributed by atoms with van der Waals surface area (Å²) in [7, 11) is 0. The van der Waals surface area contributed by atoms with Gasteiger partial charge in [0.15, 0.2) is 0 Å². The minimum absolute atomic E-state index is 0.229. The number of aromatic nitrogens is 3. The summed E-state index contributed by atoms with van der Waals surface area (Å²) in [4.78, 5) is 26.0. The number of halogens is 2. The van der Waals surface area contributed by atoms with Gasteiger partial charge in [-0.15, -0.1) is 0 Å². The quantitative estimate of drug-likeness (QED) is 0.410. The first-order valence-corrected chi connectivity index (χ1v) is 10.9. The molecule has 0 aliphatic heterocycles. The van der Waals surface area contributed by atoms with Gasteiger partial charge in [0.05, 0.1) is 15.6 Å². The van der Waals surface area contributed by atoms with Crippen LogP contribution in [0.25, 0.3) is 0 Å². The highest BCUT2D eigenvalue weighted by Crippen LogP contribution is 2.29. The largest absolute Gasteiger partial charge is 0.354 e. The number of anilines is 4. The van der Waals surface area contributed by atoms with E-state index in [-0.39, 0.29) is 15.6 Å². The number of rotatable bonds is 8. The number of carbonyl (C=O) groups excluding carboxylic acids is 1. The van der Waals surface area contributed by atoms with E-state index in [2.05, 4.69) is 30.9 Å². The predicted molar refractivity (Wildman–Crippen MR) is 125 cm³/mol. The van der Waals surface area contributed by atoms with Crippen molar-refractivity contribution in [2.24, 2.45) is 5.92 Å². The van der Waals surface area contributed by atoms with Crippen LogP contribution in [0.5, 0.6) is 0 Å². The van der Waals surface area contributed by atoms with E-state index in [1.165, 1.54) is 12.8 Å². The Morgan fingerprint density at radius 1 is 1.10 bits per heavy atom. The standard InChI is InChI=1S/C22H22Cl2N6O/c1-2-14-10-19(30-22(28-14)26-12-13-6-7-13)29-18-11-15(8-9-25-18)27-21(31)20-16(23)4-3-5-17(20)24/h3-5,8-11,13H,2,6-7,12H2,1H3,(H3,25,26,27,28,29,30,31). The van der Waals surface area contributed by atoms with Crippen LogP contribution in [-0.4, -0.2) is 27.4 Å². The maximum Gasteiger partial charge on any atom is 0.258 e. The second kappa shape index (κ2) is 9.49. The molecule has 1 aliphatic rings. The zero-order chi connectivity index (χ0) is 21.8. The Morgan fingerprint density at radius 2 is 1.87 bits per heavy atom. The summed E-state index contributed by atoms with van der Waals surface area (Å²) in [5, 5.41) is 9.89. The monoisotopic (exact) mass is 456 g/mol. The molecule has 1 aliphatic carbocycles. The van der Waals surface area contributed by atoms with E-state index in [0.29, 0.717) is 23.3 Å². The smallest absolute Gasteiger partial charge is 0.258 e. The predicted octanol–water partition coefficient (Wildman–Crippen LogP) is 5.56. The van der Waals surface area contributed by atoms with Gasteiger partial charge in [-0.25, -0.2) is 9.97 Å². The number of benzene rings is 1. The maximum absolute atomic E-state index is 12.6. The van der Waals surface area contributed by atoms with Crippen LogP contribution < -0.4 is 16.0 Å². The lowest BCUT2D eigenvalue weighted by Crippen LogP contribution is -2.13. The van der Waals surface area contributed by atoms with Gasteiger partial charge in [-0.05, 0) is 43.4 Å². The van der Waals surface area contributed by atoms with Crippen molar-refractivity contribution in [2.45, 2.75) is 26.2 Å². The van der Waals surface area contributed by atoms with Crippen LogP contribution in [-0.2, 0) is 6.42 Å². The van der Waals surface area contributed by atoms with E-state index in [1.54, 1.807) is 36.5 Å². The zero-order valence-corrected chi connectivity index (χ0v) is 18.5. The third-order valence-electron chi connectivity index (χ3n) is 4.85. The number of amides is 1. The molecule has 2 heterocycles. The molecule has 0 unspecified atom stereocenters. The SMILES string of the molecule is CCc1cc(Nc2cc(NC(=O)c3c(Cl)cccc3Cl)ccn2)nc(NCC2CC2)n1. The van der Waals surface area contributed by atoms with Gasteiger partial charge in [0.25, 0.3) is 5.91 Å². The average Bonchev–Trinajstić information content (AvgIpc) is 3.57. The Bertz CT molecular complexity index is 1080. The number of nitrogens with zero attached hydrogens (tertiary/aromatic N) is 3. The molecule has 0 saturated heterocycles. The van der Waals surface area contributed by atoms with Gasteiger partial charge in [-0.2, -0.15) is 4.98 Å². The Morgan fingerprint density at radius 3 is 2.58 bits per heavy atom. The molecule has 1 aromatic carbocycles. The molecule has 1 saturated carbocycles. The maximum atomic E-state index is 12.6. The van der Waals surface area contributed by atoms with E-state index in [0.717, 1.165) is 24.6 Å². The average molecular weight is 457 g/mol. The number of hydrogen-bond donors (Lipinski definition) is 3. The van der Waals surface area contributed by atoms with E-state index in [9.17, 15) is 4.79 Å². The zero-order valence-electron chi connectivity index (χ0n) is 17.0. The molecule has 7 nitrogen and oxygen atoms in total. The molecule has 31 heavy (non-hydrogen) atoms. The molecule has 160 valence electrons. The number of aryl methyl sites for hydroxylation is 1. The highest BCUT2D eigenvalue weighted by atomic mass is 35.5. The third kappa shape index (κ3) is 5.62. The van der Waals surface area contributed by atoms with Gasteiger partial charge in [0, 0.05) is 36.3 Å². The molecule has 4 rings (SSSR count). The van der Waals surface area contributed by atoms with Crippen LogP contribution in [0.3, 0.4) is 0 Å². The van der Waals surface area contributed by atoms with Gasteiger partial charge in [-0.1, -0.05) is 36.2 Å². The van der Waals surface area contributed by atoms with Crippen molar-refractivity contribution >= 4 is 52.4 Å². The number of pyridine rings is 1. The summed E-state index contributed by atoms with van der Waals surface area (Å²) in [6.45, 7) is 2.93. The number of nitrogens with one attached hydrogen (secondary N) is 3. The molecule has 3 aromatic rings. The minimum Gasteiger partial charge on any atom is -0.354 e. The van der Waals surface area contributed by atoms with Crippen LogP contribution in [0.2, 0.25) is 10.0 Å². The number of carbonyl (C=O) groups is 1. The van der Waals surface area contributed by atoms with Gasteiger partial charge in [-0.3, -0.25) is 4.79 Å². The van der Waals surface area contributed by atoms with Crippen molar-refractivity contribution in [1.29, 1.82) is 0 Å². The summed E-state index contributed by atoms with van der Waals surface area (Å²) < 4.78 is 0. The lowest BCUT2D eigenvalue weighted by atomic mass is 10.2. The Labute approximate surface area is 190 Å². The Kier molecular flexibility index (Phi) is 6.53. The van der Waals surface area contributed by atoms with Crippen LogP contribution in [0.15, 0.2) is 42.6 Å². The molecule has 9 heteroatoms. The van der Waals surface area contributed by atoms with E-state index < -0.39 is 5.91 Å². The molecule has 2 aromatic heterocycles. The minimum atomic E-state index is -0.394. The topological polar surface area (TPSA) is 91.8 Å².